The Morgan fingerprint density at radius 1 is 1.14 bits per heavy atom. The highest BCUT2D eigenvalue weighted by molar-refractivity contribution is 6.06. The molecule has 3 aromatic rings. The van der Waals surface area contributed by atoms with Gasteiger partial charge >= 0.3 is 12.1 Å². The van der Waals surface area contributed by atoms with Gasteiger partial charge in [-0.15, -0.1) is 0 Å². The minimum atomic E-state index is -4.70. The van der Waals surface area contributed by atoms with Crippen LogP contribution in [0.25, 0.3) is 11.4 Å². The van der Waals surface area contributed by atoms with E-state index in [1.54, 1.807) is 17.2 Å². The molecule has 7 nitrogen and oxygen atoms in total. The molecule has 0 saturated carbocycles. The zero-order valence-electron chi connectivity index (χ0n) is 15.0. The fourth-order valence-electron chi connectivity index (χ4n) is 3.42. The van der Waals surface area contributed by atoms with E-state index >= 15 is 0 Å². The van der Waals surface area contributed by atoms with Crippen LogP contribution in [-0.4, -0.2) is 31.9 Å². The third-order valence-corrected chi connectivity index (χ3v) is 4.71. The largest absolute Gasteiger partial charge is 0.471 e. The van der Waals surface area contributed by atoms with Crippen LogP contribution >= 0.6 is 0 Å². The number of anilines is 1. The highest BCUT2D eigenvalue weighted by Gasteiger charge is 2.38. The quantitative estimate of drug-likeness (QED) is 0.661. The molecule has 0 bridgehead atoms. The number of nitrogens with zero attached hydrogens (tertiary/aromatic N) is 5. The number of amides is 1. The molecule has 1 aliphatic rings. The summed E-state index contributed by atoms with van der Waals surface area (Å²) in [6.45, 7) is 4.01. The average Bonchev–Trinajstić information content (AvgIpc) is 3.31. The van der Waals surface area contributed by atoms with Crippen molar-refractivity contribution < 1.29 is 22.5 Å². The van der Waals surface area contributed by atoms with Crippen molar-refractivity contribution in [1.82, 2.24) is 19.9 Å². The van der Waals surface area contributed by atoms with E-state index in [1.807, 2.05) is 18.5 Å². The van der Waals surface area contributed by atoms with Crippen molar-refractivity contribution in [2.75, 3.05) is 4.90 Å². The van der Waals surface area contributed by atoms with Gasteiger partial charge in [-0.2, -0.15) is 23.3 Å². The van der Waals surface area contributed by atoms with E-state index in [0.29, 0.717) is 16.9 Å². The maximum atomic E-state index is 13.0. The predicted octanol–water partition coefficient (Wildman–Crippen LogP) is 3.95. The highest BCUT2D eigenvalue weighted by atomic mass is 19.4. The first-order chi connectivity index (χ1) is 13.3. The first kappa shape index (κ1) is 18.2. The summed E-state index contributed by atoms with van der Waals surface area (Å²) in [7, 11) is 0. The SMILES string of the molecule is C[C@H]1C[C@H](C)n2nccc2N1C(=O)c1ccc(-c2noc(C(F)(F)F)n2)cc1. The van der Waals surface area contributed by atoms with Crippen LogP contribution in [0.4, 0.5) is 19.0 Å². The molecule has 1 amide bonds. The van der Waals surface area contributed by atoms with Crippen LogP contribution < -0.4 is 4.90 Å². The van der Waals surface area contributed by atoms with Crippen LogP contribution in [0.3, 0.4) is 0 Å². The number of rotatable bonds is 2. The normalized spacial score (nSPS) is 19.5. The first-order valence-corrected chi connectivity index (χ1v) is 8.64. The number of hydrogen-bond acceptors (Lipinski definition) is 5. The highest BCUT2D eigenvalue weighted by Crippen LogP contribution is 2.33. The van der Waals surface area contributed by atoms with Gasteiger partial charge in [0.15, 0.2) is 0 Å². The van der Waals surface area contributed by atoms with Gasteiger partial charge in [0.1, 0.15) is 5.82 Å². The van der Waals surface area contributed by atoms with Crippen molar-refractivity contribution in [3.63, 3.8) is 0 Å². The van der Waals surface area contributed by atoms with Gasteiger partial charge in [-0.25, -0.2) is 4.68 Å². The van der Waals surface area contributed by atoms with E-state index < -0.39 is 12.1 Å². The van der Waals surface area contributed by atoms with Crippen molar-refractivity contribution >= 4 is 11.7 Å². The lowest BCUT2D eigenvalue weighted by Gasteiger charge is -2.37. The summed E-state index contributed by atoms with van der Waals surface area (Å²) < 4.78 is 43.8. The summed E-state index contributed by atoms with van der Waals surface area (Å²) in [6.07, 6.45) is -2.28. The average molecular weight is 391 g/mol. The topological polar surface area (TPSA) is 77.0 Å². The van der Waals surface area contributed by atoms with Crippen LogP contribution in [0.2, 0.25) is 0 Å². The summed E-state index contributed by atoms with van der Waals surface area (Å²) >= 11 is 0. The second-order valence-corrected chi connectivity index (χ2v) is 6.74. The number of halogens is 3. The summed E-state index contributed by atoms with van der Waals surface area (Å²) in [5.41, 5.74) is 0.721. The van der Waals surface area contributed by atoms with Gasteiger partial charge in [0.2, 0.25) is 5.82 Å². The number of hydrogen-bond donors (Lipinski definition) is 0. The fraction of sp³-hybridized carbons (Fsp3) is 0.333. The van der Waals surface area contributed by atoms with Crippen LogP contribution in [0.5, 0.6) is 0 Å². The lowest BCUT2D eigenvalue weighted by molar-refractivity contribution is -0.159. The number of alkyl halides is 3. The van der Waals surface area contributed by atoms with E-state index in [9.17, 15) is 18.0 Å². The first-order valence-electron chi connectivity index (χ1n) is 8.64. The smallest absolute Gasteiger partial charge is 0.329 e. The van der Waals surface area contributed by atoms with Crippen LogP contribution in [0, 0.1) is 0 Å². The molecule has 0 N–H and O–H groups in total. The zero-order chi connectivity index (χ0) is 20.1. The molecule has 0 fully saturated rings. The van der Waals surface area contributed by atoms with Crippen molar-refractivity contribution in [1.29, 1.82) is 0 Å². The monoisotopic (exact) mass is 391 g/mol. The minimum Gasteiger partial charge on any atom is -0.329 e. The third-order valence-electron chi connectivity index (χ3n) is 4.71. The number of benzene rings is 1. The maximum absolute atomic E-state index is 13.0. The van der Waals surface area contributed by atoms with Crippen molar-refractivity contribution in [3.8, 4) is 11.4 Å². The molecular weight excluding hydrogens is 375 g/mol. The second-order valence-electron chi connectivity index (χ2n) is 6.74. The van der Waals surface area contributed by atoms with Crippen molar-refractivity contribution in [2.24, 2.45) is 0 Å². The Kier molecular flexibility index (Phi) is 4.20. The lowest BCUT2D eigenvalue weighted by Crippen LogP contribution is -2.44. The molecule has 0 unspecified atom stereocenters. The maximum Gasteiger partial charge on any atom is 0.471 e. The van der Waals surface area contributed by atoms with Gasteiger partial charge in [0.05, 0.1) is 12.2 Å². The van der Waals surface area contributed by atoms with Gasteiger partial charge in [-0.05, 0) is 32.4 Å². The Bertz CT molecular complexity index is 1010. The molecule has 3 heterocycles. The van der Waals surface area contributed by atoms with E-state index in [2.05, 4.69) is 19.8 Å². The zero-order valence-corrected chi connectivity index (χ0v) is 15.0. The van der Waals surface area contributed by atoms with Crippen LogP contribution in [0.1, 0.15) is 42.6 Å². The van der Waals surface area contributed by atoms with Crippen LogP contribution in [-0.2, 0) is 6.18 Å². The second kappa shape index (κ2) is 6.47. The van der Waals surface area contributed by atoms with Crippen molar-refractivity contribution in [2.45, 2.75) is 38.5 Å². The minimum absolute atomic E-state index is 0.0158. The molecule has 0 spiro atoms. The molecule has 28 heavy (non-hydrogen) atoms. The fourth-order valence-corrected chi connectivity index (χ4v) is 3.42. The molecule has 1 aromatic carbocycles. The Labute approximate surface area is 157 Å². The summed E-state index contributed by atoms with van der Waals surface area (Å²) in [6, 6.07) is 8.01. The van der Waals surface area contributed by atoms with Gasteiger partial charge < -0.3 is 4.52 Å². The Hall–Kier alpha value is -3.17. The Balaban J connectivity index is 1.60. The van der Waals surface area contributed by atoms with Gasteiger partial charge in [0, 0.05) is 23.2 Å². The predicted molar refractivity (Wildman–Crippen MR) is 92.6 cm³/mol. The molecule has 0 aliphatic carbocycles. The van der Waals surface area contributed by atoms with Gasteiger partial charge in [-0.1, -0.05) is 17.3 Å². The van der Waals surface area contributed by atoms with Crippen LogP contribution in [0.15, 0.2) is 41.1 Å². The molecule has 146 valence electrons. The lowest BCUT2D eigenvalue weighted by atomic mass is 10.0. The molecular formula is C18H16F3N5O2. The summed E-state index contributed by atoms with van der Waals surface area (Å²) in [4.78, 5) is 18.1. The van der Waals surface area contributed by atoms with Crippen molar-refractivity contribution in [3.05, 3.63) is 48.0 Å². The molecule has 0 saturated heterocycles. The molecule has 4 rings (SSSR count). The molecule has 10 heteroatoms. The summed E-state index contributed by atoms with van der Waals surface area (Å²) in [5, 5.41) is 7.63. The number of aromatic nitrogens is 4. The van der Waals surface area contributed by atoms with Gasteiger partial charge in [-0.3, -0.25) is 9.69 Å². The Morgan fingerprint density at radius 3 is 2.50 bits per heavy atom. The van der Waals surface area contributed by atoms with E-state index in [1.165, 1.54) is 24.3 Å². The standard InChI is InChI=1S/C18H16F3N5O2/c1-10-9-11(2)26-14(7-8-22-26)25(10)16(27)13-5-3-12(4-6-13)15-23-17(28-24-15)18(19,20)21/h3-8,10-11H,9H2,1-2H3/t10-,11-/m0/s1. The number of fused-ring (bicyclic) bond motifs is 1. The van der Waals surface area contributed by atoms with Gasteiger partial charge in [0.25, 0.3) is 5.91 Å². The molecule has 0 radical (unpaired) electrons. The third kappa shape index (κ3) is 3.04. The number of carbonyl (C=O) groups is 1. The van der Waals surface area contributed by atoms with E-state index in [0.717, 1.165) is 6.42 Å². The Morgan fingerprint density at radius 2 is 1.86 bits per heavy atom. The summed E-state index contributed by atoms with van der Waals surface area (Å²) in [5.74, 6) is -1.10. The van der Waals surface area contributed by atoms with E-state index in [-0.39, 0.29) is 23.8 Å². The van der Waals surface area contributed by atoms with E-state index in [4.69, 9.17) is 0 Å². The number of carbonyl (C=O) groups excluding carboxylic acids is 1. The molecule has 2 atom stereocenters. The molecule has 2 aromatic heterocycles. The molecule has 1 aliphatic heterocycles.